The fourth-order valence-electron chi connectivity index (χ4n) is 4.83. The molecule has 0 fully saturated rings. The summed E-state index contributed by atoms with van der Waals surface area (Å²) in [4.78, 5) is 16.7. The van der Waals surface area contributed by atoms with E-state index >= 15 is 0 Å². The molecule has 0 spiro atoms. The highest BCUT2D eigenvalue weighted by Gasteiger charge is 2.26. The third-order valence-corrected chi connectivity index (χ3v) is 6.56. The van der Waals surface area contributed by atoms with E-state index in [1.54, 1.807) is 6.92 Å². The standard InChI is InChI=1S/C32H31NO4/c1-2-35-29(34)22-36-27-18-11-12-23(21-27)20-26-17-9-10-19-28(26)32-33-30(24-13-5-3-6-14-24)31(37-32)25-15-7-4-8-16-25/h3-8,11-16,18-19,21,26H,2,9-10,17,20,22H2,1H3. The minimum Gasteiger partial charge on any atom is -0.482 e. The molecule has 5 rings (SSSR count). The lowest BCUT2D eigenvalue weighted by Crippen LogP contribution is -2.15. The van der Waals surface area contributed by atoms with E-state index in [4.69, 9.17) is 18.9 Å². The average molecular weight is 494 g/mol. The third-order valence-electron chi connectivity index (χ3n) is 6.56. The van der Waals surface area contributed by atoms with Crippen LogP contribution >= 0.6 is 0 Å². The Hall–Kier alpha value is -4.12. The molecule has 4 aromatic rings. The van der Waals surface area contributed by atoms with Crippen LogP contribution in [0.4, 0.5) is 0 Å². The number of allylic oxidation sites excluding steroid dienone is 2. The summed E-state index contributed by atoms with van der Waals surface area (Å²) in [5, 5.41) is 0. The first-order chi connectivity index (χ1) is 18.2. The number of oxazole rings is 1. The Labute approximate surface area is 217 Å². The summed E-state index contributed by atoms with van der Waals surface area (Å²) < 4.78 is 17.1. The van der Waals surface area contributed by atoms with Gasteiger partial charge < -0.3 is 13.9 Å². The van der Waals surface area contributed by atoms with Crippen molar-refractivity contribution in [2.24, 2.45) is 5.92 Å². The molecule has 0 bridgehead atoms. The van der Waals surface area contributed by atoms with Gasteiger partial charge in [-0.25, -0.2) is 9.78 Å². The highest BCUT2D eigenvalue weighted by molar-refractivity contribution is 5.79. The van der Waals surface area contributed by atoms with Crippen LogP contribution < -0.4 is 4.74 Å². The van der Waals surface area contributed by atoms with Gasteiger partial charge in [0.1, 0.15) is 11.4 Å². The molecule has 0 radical (unpaired) electrons. The number of carbonyl (C=O) groups is 1. The van der Waals surface area contributed by atoms with E-state index in [-0.39, 0.29) is 18.5 Å². The van der Waals surface area contributed by atoms with Gasteiger partial charge in [-0.2, -0.15) is 0 Å². The number of hydrogen-bond acceptors (Lipinski definition) is 5. The van der Waals surface area contributed by atoms with Gasteiger partial charge in [0.2, 0.25) is 5.89 Å². The lowest BCUT2D eigenvalue weighted by atomic mass is 9.83. The number of ether oxygens (including phenoxy) is 2. The molecule has 3 aromatic carbocycles. The van der Waals surface area contributed by atoms with Gasteiger partial charge in [0, 0.05) is 16.7 Å². The van der Waals surface area contributed by atoms with E-state index < -0.39 is 0 Å². The predicted octanol–water partition coefficient (Wildman–Crippen LogP) is 7.38. The van der Waals surface area contributed by atoms with Crippen LogP contribution in [0.15, 0.2) is 95.4 Å². The number of esters is 1. The SMILES string of the molecule is CCOC(=O)COc1cccc(CC2CCCC=C2c2nc(-c3ccccc3)c(-c3ccccc3)o2)c1. The van der Waals surface area contributed by atoms with Crippen LogP contribution in [0, 0.1) is 5.92 Å². The molecule has 1 atom stereocenters. The number of carbonyl (C=O) groups excluding carboxylic acids is 1. The van der Waals surface area contributed by atoms with Crippen LogP contribution in [0.3, 0.4) is 0 Å². The Morgan fingerprint density at radius 3 is 2.49 bits per heavy atom. The van der Waals surface area contributed by atoms with Gasteiger partial charge in [0.15, 0.2) is 12.4 Å². The lowest BCUT2D eigenvalue weighted by molar-refractivity contribution is -0.145. The first-order valence-corrected chi connectivity index (χ1v) is 12.9. The van der Waals surface area contributed by atoms with Crippen molar-refractivity contribution in [2.45, 2.75) is 32.6 Å². The van der Waals surface area contributed by atoms with Crippen molar-refractivity contribution in [3.8, 4) is 28.3 Å². The second-order valence-electron chi connectivity index (χ2n) is 9.16. The molecule has 0 amide bonds. The van der Waals surface area contributed by atoms with Crippen molar-refractivity contribution in [1.29, 1.82) is 0 Å². The van der Waals surface area contributed by atoms with Crippen LogP contribution in [-0.4, -0.2) is 24.2 Å². The van der Waals surface area contributed by atoms with Gasteiger partial charge in [-0.15, -0.1) is 0 Å². The van der Waals surface area contributed by atoms with Crippen LogP contribution in [0.2, 0.25) is 0 Å². The zero-order valence-corrected chi connectivity index (χ0v) is 21.1. The normalized spacial score (nSPS) is 15.2. The summed E-state index contributed by atoms with van der Waals surface area (Å²) in [6.45, 7) is 2.04. The summed E-state index contributed by atoms with van der Waals surface area (Å²) in [5.74, 6) is 2.07. The highest BCUT2D eigenvalue weighted by Crippen LogP contribution is 2.40. The Balaban J connectivity index is 1.41. The molecule has 1 unspecified atom stereocenters. The van der Waals surface area contributed by atoms with Crippen molar-refractivity contribution < 1.29 is 18.7 Å². The molecule has 5 nitrogen and oxygen atoms in total. The molecule has 0 aliphatic heterocycles. The van der Waals surface area contributed by atoms with Gasteiger partial charge in [-0.3, -0.25) is 0 Å². The van der Waals surface area contributed by atoms with Crippen molar-refractivity contribution in [3.63, 3.8) is 0 Å². The van der Waals surface area contributed by atoms with Crippen molar-refractivity contribution in [1.82, 2.24) is 4.98 Å². The molecule has 1 aliphatic carbocycles. The maximum absolute atomic E-state index is 11.7. The highest BCUT2D eigenvalue weighted by atomic mass is 16.6. The van der Waals surface area contributed by atoms with E-state index in [1.807, 2.05) is 54.6 Å². The Kier molecular flexibility index (Phi) is 7.80. The Bertz CT molecular complexity index is 1300. The fourth-order valence-corrected chi connectivity index (χ4v) is 4.83. The second kappa shape index (κ2) is 11.7. The Morgan fingerprint density at radius 2 is 1.73 bits per heavy atom. The summed E-state index contributed by atoms with van der Waals surface area (Å²) in [6.07, 6.45) is 6.32. The minimum atomic E-state index is -0.363. The Morgan fingerprint density at radius 1 is 0.973 bits per heavy atom. The zero-order valence-electron chi connectivity index (χ0n) is 21.1. The number of benzene rings is 3. The maximum atomic E-state index is 11.7. The molecule has 0 saturated carbocycles. The van der Waals surface area contributed by atoms with Gasteiger partial charge in [-0.1, -0.05) is 78.9 Å². The van der Waals surface area contributed by atoms with Crippen LogP contribution in [0.1, 0.15) is 37.6 Å². The second-order valence-corrected chi connectivity index (χ2v) is 9.16. The summed E-state index contributed by atoms with van der Waals surface area (Å²) in [6, 6.07) is 28.3. The number of aromatic nitrogens is 1. The van der Waals surface area contributed by atoms with Gasteiger partial charge in [0.25, 0.3) is 0 Å². The van der Waals surface area contributed by atoms with Crippen LogP contribution in [0.5, 0.6) is 5.75 Å². The number of hydrogen-bond donors (Lipinski definition) is 0. The molecular formula is C32H31NO4. The summed E-state index contributed by atoms with van der Waals surface area (Å²) in [5.41, 5.74) is 5.22. The van der Waals surface area contributed by atoms with E-state index in [9.17, 15) is 4.79 Å². The largest absolute Gasteiger partial charge is 0.482 e. The molecule has 1 aromatic heterocycles. The van der Waals surface area contributed by atoms with Gasteiger partial charge >= 0.3 is 5.97 Å². The van der Waals surface area contributed by atoms with Crippen molar-refractivity contribution in [3.05, 3.63) is 102 Å². The molecular weight excluding hydrogens is 462 g/mol. The zero-order chi connectivity index (χ0) is 25.5. The van der Waals surface area contributed by atoms with E-state index in [0.717, 1.165) is 59.4 Å². The molecule has 0 N–H and O–H groups in total. The quantitative estimate of drug-likeness (QED) is 0.228. The molecule has 1 aliphatic rings. The average Bonchev–Trinajstić information content (AvgIpc) is 3.39. The molecule has 1 heterocycles. The van der Waals surface area contributed by atoms with E-state index in [0.29, 0.717) is 18.2 Å². The smallest absolute Gasteiger partial charge is 0.344 e. The summed E-state index contributed by atoms with van der Waals surface area (Å²) in [7, 11) is 0. The maximum Gasteiger partial charge on any atom is 0.344 e. The fraction of sp³-hybridized carbons (Fsp3) is 0.250. The third kappa shape index (κ3) is 6.00. The van der Waals surface area contributed by atoms with Gasteiger partial charge in [0.05, 0.1) is 6.61 Å². The lowest BCUT2D eigenvalue weighted by Gasteiger charge is -2.22. The predicted molar refractivity (Wildman–Crippen MR) is 145 cm³/mol. The van der Waals surface area contributed by atoms with Crippen molar-refractivity contribution in [2.75, 3.05) is 13.2 Å². The van der Waals surface area contributed by atoms with Crippen LogP contribution in [-0.2, 0) is 16.0 Å². The first kappa shape index (κ1) is 24.6. The number of nitrogens with zero attached hydrogens (tertiary/aromatic N) is 1. The first-order valence-electron chi connectivity index (χ1n) is 12.9. The minimum absolute atomic E-state index is 0.0906. The van der Waals surface area contributed by atoms with E-state index in [2.05, 4.69) is 36.4 Å². The molecule has 188 valence electrons. The monoisotopic (exact) mass is 493 g/mol. The summed E-state index contributed by atoms with van der Waals surface area (Å²) >= 11 is 0. The number of rotatable bonds is 9. The van der Waals surface area contributed by atoms with E-state index in [1.165, 1.54) is 0 Å². The topological polar surface area (TPSA) is 61.6 Å². The van der Waals surface area contributed by atoms with Gasteiger partial charge in [-0.05, 0) is 56.2 Å². The molecule has 5 heteroatoms. The van der Waals surface area contributed by atoms with Crippen molar-refractivity contribution >= 4 is 11.5 Å². The molecule has 0 saturated heterocycles. The van der Waals surface area contributed by atoms with Crippen LogP contribution in [0.25, 0.3) is 28.2 Å². The molecule has 37 heavy (non-hydrogen) atoms.